The van der Waals surface area contributed by atoms with E-state index in [1.165, 1.54) is 5.56 Å². The molecule has 0 aliphatic heterocycles. The van der Waals surface area contributed by atoms with Crippen molar-refractivity contribution in [2.75, 3.05) is 18.8 Å². The van der Waals surface area contributed by atoms with Crippen LogP contribution in [0.3, 0.4) is 0 Å². The molecule has 1 heterocycles. The molecule has 164 valence electrons. The Labute approximate surface area is 189 Å². The number of carbonyl (C=O) groups is 1. The van der Waals surface area contributed by atoms with Gasteiger partial charge < -0.3 is 4.90 Å². The minimum atomic E-state index is 0.263. The molecule has 0 spiro atoms. The second-order valence-corrected chi connectivity index (χ2v) is 8.63. The standard InChI is InChI=1S/C25H32N4OS/c1-3-17-28(18-4-2)24(30)16-11-19-31-25-27-26-23(20-21-12-7-5-8-13-21)29(25)22-14-9-6-10-15-22/h5-10,12-15H,3-4,11,16-20H2,1-2H3. The lowest BCUT2D eigenvalue weighted by molar-refractivity contribution is -0.131. The maximum atomic E-state index is 12.5. The molecular formula is C25H32N4OS. The minimum absolute atomic E-state index is 0.263. The third-order valence-corrected chi connectivity index (χ3v) is 6.04. The lowest BCUT2D eigenvalue weighted by atomic mass is 10.1. The van der Waals surface area contributed by atoms with Gasteiger partial charge in [-0.1, -0.05) is 74.1 Å². The number of hydrogen-bond acceptors (Lipinski definition) is 4. The molecule has 5 nitrogen and oxygen atoms in total. The van der Waals surface area contributed by atoms with Gasteiger partial charge in [-0.2, -0.15) is 0 Å². The predicted octanol–water partition coefficient (Wildman–Crippen LogP) is 5.38. The summed E-state index contributed by atoms with van der Waals surface area (Å²) in [5.74, 6) is 2.03. The fraction of sp³-hybridized carbons (Fsp3) is 0.400. The smallest absolute Gasteiger partial charge is 0.222 e. The number of nitrogens with zero attached hydrogens (tertiary/aromatic N) is 4. The van der Waals surface area contributed by atoms with E-state index in [1.807, 2.05) is 41.3 Å². The molecule has 0 bridgehead atoms. The van der Waals surface area contributed by atoms with Crippen LogP contribution in [0.4, 0.5) is 0 Å². The van der Waals surface area contributed by atoms with E-state index in [2.05, 4.69) is 52.9 Å². The average Bonchev–Trinajstić information content (AvgIpc) is 3.20. The molecule has 31 heavy (non-hydrogen) atoms. The van der Waals surface area contributed by atoms with Gasteiger partial charge in [-0.25, -0.2) is 0 Å². The fourth-order valence-corrected chi connectivity index (χ4v) is 4.48. The average molecular weight is 437 g/mol. The Bertz CT molecular complexity index is 921. The normalized spacial score (nSPS) is 10.9. The van der Waals surface area contributed by atoms with E-state index in [0.29, 0.717) is 6.42 Å². The second-order valence-electron chi connectivity index (χ2n) is 7.56. The van der Waals surface area contributed by atoms with Crippen LogP contribution in [0.2, 0.25) is 0 Å². The monoisotopic (exact) mass is 436 g/mol. The van der Waals surface area contributed by atoms with Crippen LogP contribution in [0.5, 0.6) is 0 Å². The topological polar surface area (TPSA) is 51.0 Å². The molecule has 0 saturated heterocycles. The van der Waals surface area contributed by atoms with Crippen LogP contribution in [-0.2, 0) is 11.2 Å². The van der Waals surface area contributed by atoms with E-state index in [-0.39, 0.29) is 5.91 Å². The van der Waals surface area contributed by atoms with Crippen molar-refractivity contribution < 1.29 is 4.79 Å². The maximum absolute atomic E-state index is 12.5. The molecule has 1 amide bonds. The summed E-state index contributed by atoms with van der Waals surface area (Å²) in [6.07, 6.45) is 4.16. The first-order valence-electron chi connectivity index (χ1n) is 11.2. The van der Waals surface area contributed by atoms with Crippen LogP contribution >= 0.6 is 11.8 Å². The van der Waals surface area contributed by atoms with Crippen LogP contribution in [0.25, 0.3) is 5.69 Å². The number of carbonyl (C=O) groups excluding carboxylic acids is 1. The first-order valence-corrected chi connectivity index (χ1v) is 12.2. The first-order chi connectivity index (χ1) is 15.2. The maximum Gasteiger partial charge on any atom is 0.222 e. The summed E-state index contributed by atoms with van der Waals surface area (Å²) in [5.41, 5.74) is 2.27. The van der Waals surface area contributed by atoms with Gasteiger partial charge in [-0.3, -0.25) is 9.36 Å². The number of aromatic nitrogens is 3. The van der Waals surface area contributed by atoms with Gasteiger partial charge in [-0.15, -0.1) is 10.2 Å². The van der Waals surface area contributed by atoms with Gasteiger partial charge in [0.15, 0.2) is 5.16 Å². The highest BCUT2D eigenvalue weighted by molar-refractivity contribution is 7.99. The zero-order valence-corrected chi connectivity index (χ0v) is 19.4. The zero-order chi connectivity index (χ0) is 21.9. The van der Waals surface area contributed by atoms with Crippen molar-refractivity contribution in [2.24, 2.45) is 0 Å². The van der Waals surface area contributed by atoms with Gasteiger partial charge in [0.05, 0.1) is 0 Å². The summed E-state index contributed by atoms with van der Waals surface area (Å²) < 4.78 is 2.14. The minimum Gasteiger partial charge on any atom is -0.343 e. The highest BCUT2D eigenvalue weighted by atomic mass is 32.2. The van der Waals surface area contributed by atoms with Crippen molar-refractivity contribution in [2.45, 2.75) is 51.1 Å². The van der Waals surface area contributed by atoms with Gasteiger partial charge >= 0.3 is 0 Å². The lowest BCUT2D eigenvalue weighted by Gasteiger charge is -2.21. The molecule has 0 aliphatic carbocycles. The van der Waals surface area contributed by atoms with E-state index < -0.39 is 0 Å². The predicted molar refractivity (Wildman–Crippen MR) is 128 cm³/mol. The zero-order valence-electron chi connectivity index (χ0n) is 18.5. The highest BCUT2D eigenvalue weighted by Gasteiger charge is 2.16. The van der Waals surface area contributed by atoms with Crippen molar-refractivity contribution in [3.63, 3.8) is 0 Å². The molecule has 0 aliphatic rings. The summed E-state index contributed by atoms with van der Waals surface area (Å²) in [6.45, 7) is 5.94. The summed E-state index contributed by atoms with van der Waals surface area (Å²) >= 11 is 1.67. The SMILES string of the molecule is CCCN(CCC)C(=O)CCCSc1nnc(Cc2ccccc2)n1-c1ccccc1. The summed E-state index contributed by atoms with van der Waals surface area (Å²) in [5, 5.41) is 9.85. The lowest BCUT2D eigenvalue weighted by Crippen LogP contribution is -2.32. The van der Waals surface area contributed by atoms with Crippen LogP contribution in [-0.4, -0.2) is 44.4 Å². The molecule has 0 radical (unpaired) electrons. The van der Waals surface area contributed by atoms with Gasteiger partial charge in [0, 0.05) is 37.4 Å². The fourth-order valence-electron chi connectivity index (χ4n) is 3.57. The van der Waals surface area contributed by atoms with Gasteiger partial charge in [0.1, 0.15) is 5.82 Å². The quantitative estimate of drug-likeness (QED) is 0.283. The number of amides is 1. The third-order valence-electron chi connectivity index (χ3n) is 5.03. The van der Waals surface area contributed by atoms with E-state index in [4.69, 9.17) is 0 Å². The molecule has 0 unspecified atom stereocenters. The van der Waals surface area contributed by atoms with Gasteiger partial charge in [0.25, 0.3) is 0 Å². The van der Waals surface area contributed by atoms with E-state index in [0.717, 1.165) is 61.2 Å². The molecule has 2 aromatic carbocycles. The van der Waals surface area contributed by atoms with Gasteiger partial charge in [0.2, 0.25) is 5.91 Å². The molecule has 0 fully saturated rings. The molecule has 0 N–H and O–H groups in total. The number of hydrogen-bond donors (Lipinski definition) is 0. The molecule has 6 heteroatoms. The first kappa shape index (κ1) is 23.1. The number of para-hydroxylation sites is 1. The van der Waals surface area contributed by atoms with E-state index in [9.17, 15) is 4.79 Å². The molecule has 0 saturated carbocycles. The Kier molecular flexibility index (Phi) is 9.16. The summed E-state index contributed by atoms with van der Waals surface area (Å²) in [4.78, 5) is 14.5. The Balaban J connectivity index is 1.66. The Morgan fingerprint density at radius 2 is 1.58 bits per heavy atom. The molecule has 3 rings (SSSR count). The number of benzene rings is 2. The Morgan fingerprint density at radius 3 is 2.23 bits per heavy atom. The number of rotatable bonds is 12. The van der Waals surface area contributed by atoms with Crippen LogP contribution in [0.15, 0.2) is 65.8 Å². The van der Waals surface area contributed by atoms with E-state index in [1.54, 1.807) is 11.8 Å². The van der Waals surface area contributed by atoms with Crippen molar-refractivity contribution in [1.29, 1.82) is 0 Å². The van der Waals surface area contributed by atoms with Crippen LogP contribution in [0, 0.1) is 0 Å². The van der Waals surface area contributed by atoms with Crippen molar-refractivity contribution >= 4 is 17.7 Å². The largest absolute Gasteiger partial charge is 0.343 e. The third kappa shape index (κ3) is 6.69. The van der Waals surface area contributed by atoms with Crippen molar-refractivity contribution in [3.8, 4) is 5.69 Å². The number of thioether (sulfide) groups is 1. The second kappa shape index (κ2) is 12.3. The van der Waals surface area contributed by atoms with Crippen molar-refractivity contribution in [3.05, 3.63) is 72.1 Å². The van der Waals surface area contributed by atoms with Crippen molar-refractivity contribution in [1.82, 2.24) is 19.7 Å². The Morgan fingerprint density at radius 1 is 0.935 bits per heavy atom. The molecule has 1 aromatic heterocycles. The molecule has 0 atom stereocenters. The highest BCUT2D eigenvalue weighted by Crippen LogP contribution is 2.24. The Hall–Kier alpha value is -2.60. The summed E-state index contributed by atoms with van der Waals surface area (Å²) in [6, 6.07) is 20.6. The van der Waals surface area contributed by atoms with Gasteiger partial charge in [-0.05, 0) is 37.0 Å². The molecular weight excluding hydrogens is 404 g/mol. The molecule has 3 aromatic rings. The van der Waals surface area contributed by atoms with E-state index >= 15 is 0 Å². The van der Waals surface area contributed by atoms with Crippen LogP contribution < -0.4 is 0 Å². The summed E-state index contributed by atoms with van der Waals surface area (Å²) in [7, 11) is 0. The van der Waals surface area contributed by atoms with Crippen LogP contribution in [0.1, 0.15) is 50.9 Å².